The van der Waals surface area contributed by atoms with Crippen molar-refractivity contribution in [3.8, 4) is 0 Å². The molecule has 0 spiro atoms. The summed E-state index contributed by atoms with van der Waals surface area (Å²) < 4.78 is 39.6. The van der Waals surface area contributed by atoms with Crippen LogP contribution in [0.4, 0.5) is 10.1 Å². The number of carbonyl (C=O) groups excluding carboxylic acids is 2. The summed E-state index contributed by atoms with van der Waals surface area (Å²) in [6, 6.07) is 9.95. The van der Waals surface area contributed by atoms with Crippen LogP contribution >= 0.6 is 0 Å². The number of nitrogens with one attached hydrogen (secondary N) is 1. The Hall–Kier alpha value is -2.94. The van der Waals surface area contributed by atoms with E-state index in [4.69, 9.17) is 0 Å². The molecule has 2 aromatic carbocycles. The average Bonchev–Trinajstić information content (AvgIpc) is 2.77. The van der Waals surface area contributed by atoms with Crippen LogP contribution in [-0.2, 0) is 26.2 Å². The Bertz CT molecular complexity index is 1100. The number of anilines is 1. The minimum Gasteiger partial charge on any atom is -0.354 e. The molecule has 0 aromatic heterocycles. The van der Waals surface area contributed by atoms with Crippen LogP contribution in [0.25, 0.3) is 0 Å². The smallest absolute Gasteiger partial charge is 0.244 e. The standard InChI is InChI=1S/C25H34FN3O4S/c1-6-7-14-27-25(31)20(4)28(16-21-9-11-22(26)12-10-21)24(30)17-29(34(5,32)33)23-13-8-18(2)19(3)15-23/h8-13,15,20H,6-7,14,16-17H2,1-5H3,(H,27,31)/t20-/m1/s1. The topological polar surface area (TPSA) is 86.8 Å². The number of rotatable bonds is 11. The lowest BCUT2D eigenvalue weighted by molar-refractivity contribution is -0.139. The molecule has 0 bridgehead atoms. The maximum absolute atomic E-state index is 13.4. The summed E-state index contributed by atoms with van der Waals surface area (Å²) in [4.78, 5) is 27.5. The molecule has 0 aliphatic carbocycles. The number of nitrogens with zero attached hydrogens (tertiary/aromatic N) is 2. The fraction of sp³-hybridized carbons (Fsp3) is 0.440. The van der Waals surface area contributed by atoms with E-state index in [2.05, 4.69) is 5.32 Å². The molecular weight excluding hydrogens is 457 g/mol. The minimum atomic E-state index is -3.78. The van der Waals surface area contributed by atoms with Crippen molar-refractivity contribution in [2.24, 2.45) is 0 Å². The molecule has 0 heterocycles. The van der Waals surface area contributed by atoms with E-state index in [1.165, 1.54) is 29.2 Å². The summed E-state index contributed by atoms with van der Waals surface area (Å²) in [5.41, 5.74) is 2.89. The summed E-state index contributed by atoms with van der Waals surface area (Å²) in [6.45, 7) is 7.44. The van der Waals surface area contributed by atoms with E-state index >= 15 is 0 Å². The van der Waals surface area contributed by atoms with E-state index in [1.54, 1.807) is 25.1 Å². The SMILES string of the molecule is CCCCNC(=O)[C@@H](C)N(Cc1ccc(F)cc1)C(=O)CN(c1ccc(C)c(C)c1)S(C)(=O)=O. The second kappa shape index (κ2) is 12.0. The Morgan fingerprint density at radius 3 is 2.26 bits per heavy atom. The van der Waals surface area contributed by atoms with Crippen LogP contribution in [0, 0.1) is 19.7 Å². The van der Waals surface area contributed by atoms with Crippen molar-refractivity contribution in [1.82, 2.24) is 10.2 Å². The van der Waals surface area contributed by atoms with Crippen molar-refractivity contribution in [2.75, 3.05) is 23.7 Å². The maximum Gasteiger partial charge on any atom is 0.244 e. The maximum atomic E-state index is 13.4. The van der Waals surface area contributed by atoms with Gasteiger partial charge in [0, 0.05) is 13.1 Å². The number of hydrogen-bond donors (Lipinski definition) is 1. The van der Waals surface area contributed by atoms with Gasteiger partial charge in [-0.1, -0.05) is 31.5 Å². The lowest BCUT2D eigenvalue weighted by Gasteiger charge is -2.31. The van der Waals surface area contributed by atoms with Crippen molar-refractivity contribution in [3.63, 3.8) is 0 Å². The van der Waals surface area contributed by atoms with Crippen LogP contribution in [0.2, 0.25) is 0 Å². The van der Waals surface area contributed by atoms with Gasteiger partial charge in [-0.15, -0.1) is 0 Å². The molecule has 34 heavy (non-hydrogen) atoms. The van der Waals surface area contributed by atoms with Gasteiger partial charge in [-0.05, 0) is 68.1 Å². The second-order valence-electron chi connectivity index (χ2n) is 8.51. The van der Waals surface area contributed by atoms with Gasteiger partial charge in [-0.3, -0.25) is 13.9 Å². The number of sulfonamides is 1. The molecule has 0 fully saturated rings. The molecule has 7 nitrogen and oxygen atoms in total. The highest BCUT2D eigenvalue weighted by Crippen LogP contribution is 2.22. The molecule has 2 rings (SSSR count). The molecule has 2 aromatic rings. The van der Waals surface area contributed by atoms with Crippen LogP contribution in [-0.4, -0.2) is 50.5 Å². The zero-order valence-electron chi connectivity index (χ0n) is 20.5. The normalized spacial score (nSPS) is 12.2. The summed E-state index contributed by atoms with van der Waals surface area (Å²) in [6.07, 6.45) is 2.76. The summed E-state index contributed by atoms with van der Waals surface area (Å²) in [5, 5.41) is 2.82. The van der Waals surface area contributed by atoms with Gasteiger partial charge in [0.05, 0.1) is 11.9 Å². The number of amides is 2. The first-order valence-corrected chi connectivity index (χ1v) is 13.2. The van der Waals surface area contributed by atoms with E-state index in [1.807, 2.05) is 20.8 Å². The summed E-state index contributed by atoms with van der Waals surface area (Å²) in [7, 11) is -3.78. The van der Waals surface area contributed by atoms with Crippen LogP contribution in [0.1, 0.15) is 43.4 Å². The van der Waals surface area contributed by atoms with Crippen molar-refractivity contribution < 1.29 is 22.4 Å². The Balaban J connectivity index is 2.35. The zero-order valence-corrected chi connectivity index (χ0v) is 21.3. The molecule has 1 N–H and O–H groups in total. The first-order valence-electron chi connectivity index (χ1n) is 11.3. The van der Waals surface area contributed by atoms with Gasteiger partial charge in [0.1, 0.15) is 18.4 Å². The number of hydrogen-bond acceptors (Lipinski definition) is 4. The number of halogens is 1. The van der Waals surface area contributed by atoms with Crippen LogP contribution in [0.3, 0.4) is 0 Å². The van der Waals surface area contributed by atoms with Crippen LogP contribution in [0.15, 0.2) is 42.5 Å². The molecule has 1 atom stereocenters. The summed E-state index contributed by atoms with van der Waals surface area (Å²) in [5.74, 6) is -1.28. The van der Waals surface area contributed by atoms with E-state index in [-0.39, 0.29) is 12.5 Å². The van der Waals surface area contributed by atoms with Crippen molar-refractivity contribution in [3.05, 3.63) is 65.0 Å². The van der Waals surface area contributed by atoms with Gasteiger partial charge < -0.3 is 10.2 Å². The van der Waals surface area contributed by atoms with Gasteiger partial charge in [-0.2, -0.15) is 0 Å². The van der Waals surface area contributed by atoms with Crippen molar-refractivity contribution in [1.29, 1.82) is 0 Å². The third-order valence-electron chi connectivity index (χ3n) is 5.72. The fourth-order valence-electron chi connectivity index (χ4n) is 3.40. The van der Waals surface area contributed by atoms with Gasteiger partial charge in [0.2, 0.25) is 21.8 Å². The van der Waals surface area contributed by atoms with E-state index in [9.17, 15) is 22.4 Å². The number of benzene rings is 2. The van der Waals surface area contributed by atoms with Gasteiger partial charge >= 0.3 is 0 Å². The predicted molar refractivity (Wildman–Crippen MR) is 132 cm³/mol. The first-order chi connectivity index (χ1) is 15.9. The van der Waals surface area contributed by atoms with E-state index in [0.717, 1.165) is 34.5 Å². The highest BCUT2D eigenvalue weighted by Gasteiger charge is 2.30. The first kappa shape index (κ1) is 27.3. The lowest BCUT2D eigenvalue weighted by Crippen LogP contribution is -2.51. The van der Waals surface area contributed by atoms with Crippen LogP contribution in [0.5, 0.6) is 0 Å². The molecule has 0 radical (unpaired) electrons. The molecule has 0 saturated heterocycles. The Morgan fingerprint density at radius 2 is 1.71 bits per heavy atom. The molecule has 0 saturated carbocycles. The van der Waals surface area contributed by atoms with Gasteiger partial charge in [-0.25, -0.2) is 12.8 Å². The quantitative estimate of drug-likeness (QED) is 0.487. The lowest BCUT2D eigenvalue weighted by atomic mass is 10.1. The van der Waals surface area contributed by atoms with Crippen molar-refractivity contribution in [2.45, 2.75) is 53.1 Å². The van der Waals surface area contributed by atoms with Gasteiger partial charge in [0.15, 0.2) is 0 Å². The largest absolute Gasteiger partial charge is 0.354 e. The molecule has 2 amide bonds. The minimum absolute atomic E-state index is 0.0337. The van der Waals surface area contributed by atoms with E-state index < -0.39 is 34.3 Å². The fourth-order valence-corrected chi connectivity index (χ4v) is 4.24. The molecular formula is C25H34FN3O4S. The van der Waals surface area contributed by atoms with Crippen molar-refractivity contribution >= 4 is 27.5 Å². The van der Waals surface area contributed by atoms with Gasteiger partial charge in [0.25, 0.3) is 0 Å². The van der Waals surface area contributed by atoms with E-state index in [0.29, 0.717) is 17.8 Å². The second-order valence-corrected chi connectivity index (χ2v) is 10.4. The Labute approximate surface area is 202 Å². The third kappa shape index (κ3) is 7.55. The monoisotopic (exact) mass is 491 g/mol. The molecule has 0 unspecified atom stereocenters. The summed E-state index contributed by atoms with van der Waals surface area (Å²) >= 11 is 0. The number of unbranched alkanes of at least 4 members (excludes halogenated alkanes) is 1. The molecule has 0 aliphatic heterocycles. The average molecular weight is 492 g/mol. The predicted octanol–water partition coefficient (Wildman–Crippen LogP) is 3.54. The highest BCUT2D eigenvalue weighted by molar-refractivity contribution is 7.92. The molecule has 186 valence electrons. The number of carbonyl (C=O) groups is 2. The van der Waals surface area contributed by atoms with Crippen LogP contribution < -0.4 is 9.62 Å². The zero-order chi connectivity index (χ0) is 25.5. The Kier molecular flexibility index (Phi) is 9.61. The highest BCUT2D eigenvalue weighted by atomic mass is 32.2. The third-order valence-corrected chi connectivity index (χ3v) is 6.86. The molecule has 0 aliphatic rings. The number of aryl methyl sites for hydroxylation is 2. The molecule has 9 heteroatoms. The Morgan fingerprint density at radius 1 is 1.06 bits per heavy atom.